The number of hydrogen-bond donors (Lipinski definition) is 0. The number of furan rings is 1. The summed E-state index contributed by atoms with van der Waals surface area (Å²) < 4.78 is 6.08. The summed E-state index contributed by atoms with van der Waals surface area (Å²) in [5, 5.41) is 2.34. The Kier molecular flexibility index (Phi) is 8.52. The van der Waals surface area contributed by atoms with Gasteiger partial charge in [0.2, 0.25) is 0 Å². The van der Waals surface area contributed by atoms with E-state index in [2.05, 4.69) is 229 Å². The van der Waals surface area contributed by atoms with Crippen LogP contribution in [0.2, 0.25) is 0 Å². The lowest BCUT2D eigenvalue weighted by Crippen LogP contribution is -2.21. The predicted octanol–water partition coefficient (Wildman–Crippen LogP) is 17.6. The van der Waals surface area contributed by atoms with Crippen molar-refractivity contribution < 1.29 is 4.42 Å². The van der Waals surface area contributed by atoms with Crippen molar-refractivity contribution in [2.45, 2.75) is 41.4 Å². The van der Waals surface area contributed by atoms with Crippen molar-refractivity contribution in [3.63, 3.8) is 0 Å². The third-order valence-electron chi connectivity index (χ3n) is 14.7. The zero-order chi connectivity index (χ0) is 42.6. The minimum Gasteiger partial charge on any atom is -0.456 e. The normalized spacial score (nSPS) is 16.5. The van der Waals surface area contributed by atoms with Crippen LogP contribution in [0.1, 0.15) is 54.9 Å². The van der Waals surface area contributed by atoms with Crippen molar-refractivity contribution >= 4 is 61.6 Å². The molecule has 10 aromatic rings. The zero-order valence-corrected chi connectivity index (χ0v) is 37.8. The van der Waals surface area contributed by atoms with Gasteiger partial charge < -0.3 is 9.32 Å². The monoisotopic (exact) mass is 933 g/mol. The van der Waals surface area contributed by atoms with Gasteiger partial charge in [0.05, 0.1) is 3.42 Å². The Labute approximate surface area is 388 Å². The maximum absolute atomic E-state index is 6.22. The van der Waals surface area contributed by atoms with Gasteiger partial charge in [-0.3, -0.25) is 0 Å². The van der Waals surface area contributed by atoms with Crippen molar-refractivity contribution in [2.24, 2.45) is 0 Å². The molecule has 13 rings (SSSR count). The lowest BCUT2D eigenvalue weighted by Gasteiger charge is -2.31. The molecule has 1 atom stereocenters. The first kappa shape index (κ1) is 37.8. The number of alkyl halides is 1. The molecule has 3 aliphatic carbocycles. The molecule has 1 heterocycles. The summed E-state index contributed by atoms with van der Waals surface area (Å²) in [6.07, 6.45) is 4.79. The summed E-state index contributed by atoms with van der Waals surface area (Å²) in [4.78, 5) is 2.50. The Hall–Kier alpha value is -6.69. The van der Waals surface area contributed by atoms with E-state index >= 15 is 0 Å². The number of anilines is 3. The number of rotatable bonds is 6. The van der Waals surface area contributed by atoms with Gasteiger partial charge >= 0.3 is 0 Å². The molecule has 306 valence electrons. The van der Waals surface area contributed by atoms with Crippen molar-refractivity contribution in [2.75, 3.05) is 4.90 Å². The maximum Gasteiger partial charge on any atom is 0.135 e. The van der Waals surface area contributed by atoms with Crippen LogP contribution in [-0.2, 0) is 8.84 Å². The molecule has 3 heteroatoms. The molecular weight excluding hydrogens is 890 g/mol. The molecule has 1 fully saturated rings. The van der Waals surface area contributed by atoms with Gasteiger partial charge in [-0.25, -0.2) is 0 Å². The molecule has 1 aromatic heterocycles. The number of nitrogens with zero attached hydrogens (tertiary/aromatic N) is 1. The van der Waals surface area contributed by atoms with E-state index in [4.69, 9.17) is 4.42 Å². The standard InChI is InChI=1S/C61H44INO/c1-60(62)54-15-7-5-13-48(54)49-30-27-46(37-55(49)60)63(45-25-21-42(22-26-45)41-19-17-40(18-20-41)39-11-3-2-4-12-39)47-28-31-51-50-29-23-44(36-56(50)61(57(51)38-47)33-9-10-34-61)43-24-32-59-53(35-43)52-14-6-8-16-58(52)64-59/h2-8,11-32,35-38H,9-10,33-34H2,1H3. The summed E-state index contributed by atoms with van der Waals surface area (Å²) in [5.74, 6) is 0. The smallest absolute Gasteiger partial charge is 0.135 e. The minimum atomic E-state index is -0.137. The van der Waals surface area contributed by atoms with Crippen LogP contribution >= 0.6 is 22.6 Å². The van der Waals surface area contributed by atoms with Gasteiger partial charge in [-0.2, -0.15) is 0 Å². The number of halogens is 1. The summed E-state index contributed by atoms with van der Waals surface area (Å²) in [5.41, 5.74) is 23.9. The highest BCUT2D eigenvalue weighted by Crippen LogP contribution is 2.59. The van der Waals surface area contributed by atoms with Gasteiger partial charge in [-0.1, -0.05) is 175 Å². The third kappa shape index (κ3) is 5.76. The van der Waals surface area contributed by atoms with Crippen LogP contribution < -0.4 is 4.90 Å². The minimum absolute atomic E-state index is 0.0229. The van der Waals surface area contributed by atoms with E-state index in [-0.39, 0.29) is 8.84 Å². The van der Waals surface area contributed by atoms with Crippen LogP contribution in [0.15, 0.2) is 205 Å². The van der Waals surface area contributed by atoms with Crippen molar-refractivity contribution in [3.8, 4) is 55.6 Å². The van der Waals surface area contributed by atoms with Gasteiger partial charge in [0.15, 0.2) is 0 Å². The van der Waals surface area contributed by atoms with Gasteiger partial charge in [0.25, 0.3) is 0 Å². The largest absolute Gasteiger partial charge is 0.456 e. The van der Waals surface area contributed by atoms with Gasteiger partial charge in [0, 0.05) is 33.2 Å². The molecule has 3 aliphatic rings. The van der Waals surface area contributed by atoms with Crippen molar-refractivity contribution in [1.82, 2.24) is 0 Å². The molecule has 9 aromatic carbocycles. The number of benzene rings is 9. The highest BCUT2D eigenvalue weighted by molar-refractivity contribution is 14.1. The third-order valence-corrected chi connectivity index (χ3v) is 15.9. The van der Waals surface area contributed by atoms with Crippen molar-refractivity contribution in [1.29, 1.82) is 0 Å². The van der Waals surface area contributed by atoms with E-state index in [1.54, 1.807) is 0 Å². The molecule has 2 nitrogen and oxygen atoms in total. The van der Waals surface area contributed by atoms with Crippen LogP contribution in [0.4, 0.5) is 17.1 Å². The second-order valence-corrected chi connectivity index (χ2v) is 20.4. The van der Waals surface area contributed by atoms with Crippen LogP contribution in [0.25, 0.3) is 77.6 Å². The fourth-order valence-electron chi connectivity index (χ4n) is 11.5. The molecule has 0 saturated heterocycles. The average molecular weight is 934 g/mol. The predicted molar refractivity (Wildman–Crippen MR) is 275 cm³/mol. The second kappa shape index (κ2) is 14.4. The molecular formula is C61H44INO. The Morgan fingerprint density at radius 2 is 0.875 bits per heavy atom. The first-order valence-corrected chi connectivity index (χ1v) is 23.7. The van der Waals surface area contributed by atoms with E-state index < -0.39 is 0 Å². The molecule has 64 heavy (non-hydrogen) atoms. The highest BCUT2D eigenvalue weighted by Gasteiger charge is 2.45. The highest BCUT2D eigenvalue weighted by atomic mass is 127. The molecule has 0 bridgehead atoms. The second-order valence-electron chi connectivity index (χ2n) is 18.2. The molecule has 0 radical (unpaired) electrons. The molecule has 1 unspecified atom stereocenters. The molecule has 0 aliphatic heterocycles. The quantitative estimate of drug-likeness (QED) is 0.122. The van der Waals surface area contributed by atoms with Crippen LogP contribution in [0.5, 0.6) is 0 Å². The zero-order valence-electron chi connectivity index (χ0n) is 35.6. The van der Waals surface area contributed by atoms with Crippen molar-refractivity contribution in [3.05, 3.63) is 222 Å². The Morgan fingerprint density at radius 3 is 1.61 bits per heavy atom. The molecule has 0 amide bonds. The van der Waals surface area contributed by atoms with Gasteiger partial charge in [-0.15, -0.1) is 0 Å². The lowest BCUT2D eigenvalue weighted by molar-refractivity contribution is 0.550. The molecule has 0 N–H and O–H groups in total. The Morgan fingerprint density at radius 1 is 0.391 bits per heavy atom. The van der Waals surface area contributed by atoms with E-state index in [1.165, 1.54) is 113 Å². The summed E-state index contributed by atoms with van der Waals surface area (Å²) >= 11 is 2.67. The van der Waals surface area contributed by atoms with E-state index in [0.29, 0.717) is 0 Å². The SMILES string of the molecule is CC1(I)c2ccccc2-c2ccc(N(c3ccc(-c4ccc(-c5ccccc5)cc4)cc3)c3ccc4c(c3)C3(CCCC3)c3cc(-c5ccc6oc7ccccc7c6c5)ccc3-4)cc21. The molecule has 1 spiro atoms. The summed E-state index contributed by atoms with van der Waals surface area (Å²) in [7, 11) is 0. The fourth-order valence-corrected chi connectivity index (χ4v) is 12.4. The average Bonchev–Trinajstić information content (AvgIpc) is 4.11. The number of fused-ring (bicyclic) bond motifs is 11. The summed E-state index contributed by atoms with van der Waals surface area (Å²) in [6.45, 7) is 2.37. The topological polar surface area (TPSA) is 16.4 Å². The van der Waals surface area contributed by atoms with Crippen LogP contribution in [0, 0.1) is 0 Å². The fraction of sp³-hybridized carbons (Fsp3) is 0.115. The first-order chi connectivity index (χ1) is 31.4. The number of para-hydroxylation sites is 1. The lowest BCUT2D eigenvalue weighted by atomic mass is 9.76. The molecule has 1 saturated carbocycles. The maximum atomic E-state index is 6.22. The van der Waals surface area contributed by atoms with Crippen LogP contribution in [-0.4, -0.2) is 0 Å². The summed E-state index contributed by atoms with van der Waals surface area (Å²) in [6, 6.07) is 74.5. The van der Waals surface area contributed by atoms with Gasteiger partial charge in [-0.05, 0) is 158 Å². The van der Waals surface area contributed by atoms with E-state index in [0.717, 1.165) is 29.7 Å². The van der Waals surface area contributed by atoms with E-state index in [9.17, 15) is 0 Å². The number of hydrogen-bond acceptors (Lipinski definition) is 2. The van der Waals surface area contributed by atoms with Crippen LogP contribution in [0.3, 0.4) is 0 Å². The van der Waals surface area contributed by atoms with E-state index in [1.807, 2.05) is 6.07 Å². The first-order valence-electron chi connectivity index (χ1n) is 22.6. The Balaban J connectivity index is 0.919. The van der Waals surface area contributed by atoms with Gasteiger partial charge in [0.1, 0.15) is 11.2 Å². The Bertz CT molecular complexity index is 3460.